The lowest BCUT2D eigenvalue weighted by atomic mass is 10.1. The van der Waals surface area contributed by atoms with Gasteiger partial charge in [-0.3, -0.25) is 4.79 Å². The number of aromatic amines is 1. The number of nitrogens with one attached hydrogen (secondary N) is 1. The van der Waals surface area contributed by atoms with E-state index in [1.54, 1.807) is 12.5 Å². The summed E-state index contributed by atoms with van der Waals surface area (Å²) >= 11 is 0. The van der Waals surface area contributed by atoms with Gasteiger partial charge in [0.25, 0.3) is 5.56 Å². The van der Waals surface area contributed by atoms with Gasteiger partial charge < -0.3 is 27.6 Å². The van der Waals surface area contributed by atoms with Crippen LogP contribution in [0.4, 0.5) is 0 Å². The summed E-state index contributed by atoms with van der Waals surface area (Å²) in [6.45, 7) is 34.3. The molecule has 0 spiro atoms. The van der Waals surface area contributed by atoms with Gasteiger partial charge in [0.2, 0.25) is 0 Å². The lowest BCUT2D eigenvalue weighted by Crippen LogP contribution is -2.54. The first-order chi connectivity index (χ1) is 17.9. The van der Waals surface area contributed by atoms with E-state index in [1.165, 1.54) is 0 Å². The van der Waals surface area contributed by atoms with Crippen molar-refractivity contribution in [3.05, 3.63) is 28.9 Å². The molecule has 0 aromatic carbocycles. The third-order valence-electron chi connectivity index (χ3n) is 9.95. The standard InChI is InChI=1S/C29H55N3O5Si3/c1-27(2,3)38(10,11)34-18-21-23(36-39(12,13)28(4,5)6)24(37-40(14,15)29(7,8)9)26(35-21)32-19-31-22-20(32)16-17-30-25(22)33/h16-17,19,21,23-24,26H,18H2,1-15H3,(H,30,33)/t21-,23-,24-,26-/m1/s1. The number of nitrogens with zero attached hydrogens (tertiary/aromatic N) is 2. The maximum absolute atomic E-state index is 12.6. The molecule has 1 N–H and O–H groups in total. The normalized spacial score (nSPS) is 23.8. The molecular formula is C29H55N3O5Si3. The Hall–Kier alpha value is -1.09. The highest BCUT2D eigenvalue weighted by atomic mass is 28.4. The number of H-pyrrole nitrogens is 1. The van der Waals surface area contributed by atoms with Gasteiger partial charge in [0, 0.05) is 6.20 Å². The molecular weight excluding hydrogens is 555 g/mol. The molecule has 8 nitrogen and oxygen atoms in total. The van der Waals surface area contributed by atoms with Gasteiger partial charge in [-0.2, -0.15) is 0 Å². The first-order valence-electron chi connectivity index (χ1n) is 14.6. The number of ether oxygens (including phenoxy) is 1. The third-order valence-corrected chi connectivity index (χ3v) is 23.4. The van der Waals surface area contributed by atoms with Gasteiger partial charge in [-0.25, -0.2) is 4.98 Å². The summed E-state index contributed by atoms with van der Waals surface area (Å²) in [6, 6.07) is 1.87. The van der Waals surface area contributed by atoms with Crippen molar-refractivity contribution in [1.82, 2.24) is 14.5 Å². The van der Waals surface area contributed by atoms with Crippen molar-refractivity contribution < 1.29 is 18.0 Å². The van der Waals surface area contributed by atoms with Crippen molar-refractivity contribution in [1.29, 1.82) is 0 Å². The maximum Gasteiger partial charge on any atom is 0.276 e. The summed E-state index contributed by atoms with van der Waals surface area (Å²) in [7, 11) is -6.55. The Kier molecular flexibility index (Phi) is 9.09. The Morgan fingerprint density at radius 1 is 0.850 bits per heavy atom. The first kappa shape index (κ1) is 33.4. The Labute approximate surface area is 244 Å². The molecule has 3 rings (SSSR count). The fraction of sp³-hybridized carbons (Fsp3) is 0.793. The Balaban J connectivity index is 2.15. The fourth-order valence-electron chi connectivity index (χ4n) is 4.05. The van der Waals surface area contributed by atoms with E-state index in [-0.39, 0.29) is 39.0 Å². The molecule has 0 unspecified atom stereocenters. The second kappa shape index (κ2) is 10.9. The highest BCUT2D eigenvalue weighted by Gasteiger charge is 2.55. The SMILES string of the molecule is CC(C)(C)[Si](C)(C)OC[C@H]1O[C@@H](n2cnc3c(=O)[nH]ccc32)[C@H](O[Si](C)(C)C(C)(C)C)[C@@H]1O[Si](C)(C)C(C)(C)C. The van der Waals surface area contributed by atoms with E-state index in [0.717, 1.165) is 5.52 Å². The Morgan fingerprint density at radius 2 is 1.35 bits per heavy atom. The lowest BCUT2D eigenvalue weighted by molar-refractivity contribution is -0.0468. The molecule has 1 saturated heterocycles. The van der Waals surface area contributed by atoms with Crippen LogP contribution in [-0.2, 0) is 18.0 Å². The number of rotatable bonds is 8. The molecule has 1 fully saturated rings. The largest absolute Gasteiger partial charge is 0.414 e. The van der Waals surface area contributed by atoms with Crippen LogP contribution in [0.2, 0.25) is 54.4 Å². The second-order valence-electron chi connectivity index (χ2n) is 16.0. The molecule has 11 heteroatoms. The molecule has 0 aliphatic carbocycles. The quantitative estimate of drug-likeness (QED) is 0.313. The molecule has 0 saturated carbocycles. The highest BCUT2D eigenvalue weighted by Crippen LogP contribution is 2.46. The van der Waals surface area contributed by atoms with Gasteiger partial charge in [0.15, 0.2) is 36.7 Å². The van der Waals surface area contributed by atoms with Crippen molar-refractivity contribution in [3.8, 4) is 0 Å². The van der Waals surface area contributed by atoms with E-state index in [2.05, 4.69) is 112 Å². The van der Waals surface area contributed by atoms with E-state index in [0.29, 0.717) is 12.1 Å². The van der Waals surface area contributed by atoms with E-state index in [4.69, 9.17) is 18.0 Å². The zero-order valence-corrected chi connectivity index (χ0v) is 30.7. The van der Waals surface area contributed by atoms with Crippen molar-refractivity contribution in [2.45, 2.75) is 141 Å². The van der Waals surface area contributed by atoms with Crippen molar-refractivity contribution >= 4 is 36.0 Å². The van der Waals surface area contributed by atoms with Crippen LogP contribution in [0.3, 0.4) is 0 Å². The predicted molar refractivity (Wildman–Crippen MR) is 172 cm³/mol. The number of hydrogen-bond acceptors (Lipinski definition) is 6. The molecule has 0 amide bonds. The van der Waals surface area contributed by atoms with E-state index < -0.39 is 31.2 Å². The smallest absolute Gasteiger partial charge is 0.276 e. The second-order valence-corrected chi connectivity index (χ2v) is 30.3. The number of hydrogen-bond donors (Lipinski definition) is 1. The average molecular weight is 610 g/mol. The summed E-state index contributed by atoms with van der Waals surface area (Å²) in [5, 5.41) is 0.0643. The summed E-state index contributed by atoms with van der Waals surface area (Å²) in [6.07, 6.45) is 1.80. The van der Waals surface area contributed by atoms with Crippen LogP contribution >= 0.6 is 0 Å². The summed E-state index contributed by atoms with van der Waals surface area (Å²) in [5.41, 5.74) is 0.887. The molecule has 4 atom stereocenters. The topological polar surface area (TPSA) is 87.6 Å². The van der Waals surface area contributed by atoms with Crippen LogP contribution in [0.5, 0.6) is 0 Å². The Morgan fingerprint density at radius 3 is 1.85 bits per heavy atom. The van der Waals surface area contributed by atoms with Gasteiger partial charge in [0.1, 0.15) is 18.3 Å². The van der Waals surface area contributed by atoms with Crippen molar-refractivity contribution in [2.75, 3.05) is 6.61 Å². The molecule has 1 aliphatic rings. The minimum atomic E-state index is -2.26. The molecule has 2 aromatic rings. The minimum Gasteiger partial charge on any atom is -0.414 e. The first-order valence-corrected chi connectivity index (χ1v) is 23.3. The molecule has 0 radical (unpaired) electrons. The van der Waals surface area contributed by atoms with Crippen LogP contribution in [0, 0.1) is 0 Å². The fourth-order valence-corrected chi connectivity index (χ4v) is 7.67. The highest BCUT2D eigenvalue weighted by molar-refractivity contribution is 6.75. The van der Waals surface area contributed by atoms with Gasteiger partial charge >= 0.3 is 0 Å². The van der Waals surface area contributed by atoms with Gasteiger partial charge in [-0.15, -0.1) is 0 Å². The Bertz CT molecular complexity index is 1230. The zero-order valence-electron chi connectivity index (χ0n) is 27.7. The lowest BCUT2D eigenvalue weighted by Gasteiger charge is -2.44. The molecule has 2 aromatic heterocycles. The number of fused-ring (bicyclic) bond motifs is 1. The third kappa shape index (κ3) is 6.60. The number of imidazole rings is 1. The van der Waals surface area contributed by atoms with Gasteiger partial charge in [-0.05, 0) is 60.5 Å². The average Bonchev–Trinajstić information content (AvgIpc) is 3.32. The molecule has 0 bridgehead atoms. The van der Waals surface area contributed by atoms with Crippen LogP contribution in [0.1, 0.15) is 68.5 Å². The maximum atomic E-state index is 12.6. The van der Waals surface area contributed by atoms with Gasteiger partial charge in [-0.1, -0.05) is 62.3 Å². The van der Waals surface area contributed by atoms with Crippen LogP contribution < -0.4 is 5.56 Å². The van der Waals surface area contributed by atoms with Crippen LogP contribution in [0.25, 0.3) is 11.0 Å². The van der Waals surface area contributed by atoms with Crippen LogP contribution in [-0.4, -0.2) is 64.4 Å². The summed E-state index contributed by atoms with van der Waals surface area (Å²) < 4.78 is 30.0. The summed E-state index contributed by atoms with van der Waals surface area (Å²) in [4.78, 5) is 19.7. The van der Waals surface area contributed by atoms with Crippen LogP contribution in [0.15, 0.2) is 23.4 Å². The van der Waals surface area contributed by atoms with E-state index in [1.807, 2.05) is 10.6 Å². The van der Waals surface area contributed by atoms with E-state index >= 15 is 0 Å². The summed E-state index contributed by atoms with van der Waals surface area (Å²) in [5.74, 6) is 0. The minimum absolute atomic E-state index is 0.00639. The molecule has 1 aliphatic heterocycles. The number of aromatic nitrogens is 3. The van der Waals surface area contributed by atoms with Crippen molar-refractivity contribution in [3.63, 3.8) is 0 Å². The number of pyridine rings is 1. The molecule has 228 valence electrons. The van der Waals surface area contributed by atoms with Crippen molar-refractivity contribution in [2.24, 2.45) is 0 Å². The predicted octanol–water partition coefficient (Wildman–Crippen LogP) is 7.42. The molecule has 40 heavy (non-hydrogen) atoms. The van der Waals surface area contributed by atoms with Gasteiger partial charge in [0.05, 0.1) is 18.5 Å². The molecule has 3 heterocycles. The zero-order chi connectivity index (χ0) is 30.7. The van der Waals surface area contributed by atoms with E-state index in [9.17, 15) is 4.79 Å². The monoisotopic (exact) mass is 609 g/mol.